The third kappa shape index (κ3) is 2.74. The number of benzene rings is 2. The highest BCUT2D eigenvalue weighted by Crippen LogP contribution is 2.20. The molecule has 2 aromatic carbocycles. The summed E-state index contributed by atoms with van der Waals surface area (Å²) in [7, 11) is 0. The molecule has 2 aromatic rings. The second-order valence-electron chi connectivity index (χ2n) is 6.29. The van der Waals surface area contributed by atoms with E-state index in [0.717, 1.165) is 11.1 Å². The summed E-state index contributed by atoms with van der Waals surface area (Å²) in [5, 5.41) is 0. The van der Waals surface area contributed by atoms with Gasteiger partial charge in [-0.1, -0.05) is 57.6 Å². The zero-order chi connectivity index (χ0) is 15.9. The van der Waals surface area contributed by atoms with Crippen LogP contribution in [0.15, 0.2) is 24.3 Å². The van der Waals surface area contributed by atoms with Crippen LogP contribution in [0.1, 0.15) is 33.4 Å². The summed E-state index contributed by atoms with van der Waals surface area (Å²) in [5.74, 6) is 0. The summed E-state index contributed by atoms with van der Waals surface area (Å²) in [4.78, 5) is 0. The smallest absolute Gasteiger partial charge is 0.362 e. The summed E-state index contributed by atoms with van der Waals surface area (Å²) in [6, 6.07) is 7.38. The van der Waals surface area contributed by atoms with Crippen LogP contribution in [-0.2, 0) is 0 Å². The molecule has 0 aromatic heterocycles. The first-order chi connectivity index (χ1) is 9.64. The maximum atomic E-state index is 15.3. The van der Waals surface area contributed by atoms with E-state index in [4.69, 9.17) is 0 Å². The molecule has 0 heterocycles. The van der Waals surface area contributed by atoms with Crippen molar-refractivity contribution in [2.75, 3.05) is 0 Å². The topological polar surface area (TPSA) is 0 Å². The molecule has 0 atom stereocenters. The molecule has 0 unspecified atom stereocenters. The van der Waals surface area contributed by atoms with Crippen LogP contribution in [0.5, 0.6) is 0 Å². The van der Waals surface area contributed by atoms with E-state index in [1.807, 2.05) is 38.1 Å². The molecule has 0 N–H and O–H groups in total. The molecule has 3 heteroatoms. The van der Waals surface area contributed by atoms with Crippen molar-refractivity contribution in [1.29, 1.82) is 0 Å². The molecule has 0 radical (unpaired) electrons. The van der Waals surface area contributed by atoms with Gasteiger partial charge in [-0.25, -0.2) is 0 Å². The second kappa shape index (κ2) is 5.29. The van der Waals surface area contributed by atoms with E-state index < -0.39 is 6.70 Å². The predicted octanol–water partition coefficient (Wildman–Crippen LogP) is 4.03. The van der Waals surface area contributed by atoms with Crippen molar-refractivity contribution in [3.05, 3.63) is 57.6 Å². The molecule has 0 aliphatic heterocycles. The number of halogens is 2. The molecule has 0 saturated heterocycles. The lowest BCUT2D eigenvalue weighted by Crippen LogP contribution is -2.55. The first kappa shape index (κ1) is 15.7. The standard InChI is InChI=1S/C18H22BF2/c1-11-7-13(3)17(14(4)8-11)19(20,21)18-15(5)9-12(2)10-16(18)6/h7-10H,1-6H3/q-1. The van der Waals surface area contributed by atoms with Gasteiger partial charge in [-0.15, -0.1) is 10.9 Å². The monoisotopic (exact) mass is 287 g/mol. The minimum absolute atomic E-state index is 0.204. The Kier molecular flexibility index (Phi) is 3.96. The van der Waals surface area contributed by atoms with Gasteiger partial charge in [0, 0.05) is 0 Å². The van der Waals surface area contributed by atoms with Crippen LogP contribution < -0.4 is 10.9 Å². The van der Waals surface area contributed by atoms with Crippen molar-refractivity contribution in [3.8, 4) is 0 Å². The number of hydrogen-bond donors (Lipinski definition) is 0. The van der Waals surface area contributed by atoms with Gasteiger partial charge < -0.3 is 8.63 Å². The van der Waals surface area contributed by atoms with Gasteiger partial charge in [0.25, 0.3) is 0 Å². The fraction of sp³-hybridized carbons (Fsp3) is 0.333. The minimum atomic E-state index is -3.74. The van der Waals surface area contributed by atoms with Crippen LogP contribution in [0.3, 0.4) is 0 Å². The summed E-state index contributed by atoms with van der Waals surface area (Å²) in [6.07, 6.45) is 0. The van der Waals surface area contributed by atoms with Gasteiger partial charge in [-0.2, -0.15) is 0 Å². The van der Waals surface area contributed by atoms with Crippen molar-refractivity contribution >= 4 is 17.6 Å². The van der Waals surface area contributed by atoms with Crippen molar-refractivity contribution < 1.29 is 8.63 Å². The molecule has 0 bridgehead atoms. The van der Waals surface area contributed by atoms with Gasteiger partial charge >= 0.3 is 6.70 Å². The predicted molar refractivity (Wildman–Crippen MR) is 88.5 cm³/mol. The molecule has 21 heavy (non-hydrogen) atoms. The van der Waals surface area contributed by atoms with Gasteiger partial charge in [-0.3, -0.25) is 0 Å². The van der Waals surface area contributed by atoms with Crippen molar-refractivity contribution in [2.24, 2.45) is 0 Å². The fourth-order valence-corrected chi connectivity index (χ4v) is 3.67. The SMILES string of the molecule is Cc1cc(C)c([B-](F)(F)c2c(C)cc(C)cc2C)c(C)c1. The van der Waals surface area contributed by atoms with E-state index in [0.29, 0.717) is 22.3 Å². The maximum absolute atomic E-state index is 15.3. The van der Waals surface area contributed by atoms with Crippen LogP contribution in [0, 0.1) is 41.5 Å². The normalized spacial score (nSPS) is 11.8. The first-order valence-electron chi connectivity index (χ1n) is 7.32. The Bertz CT molecular complexity index is 597. The van der Waals surface area contributed by atoms with Gasteiger partial charge in [0.15, 0.2) is 0 Å². The third-order valence-electron chi connectivity index (χ3n) is 4.20. The number of aryl methyl sites for hydroxylation is 6. The van der Waals surface area contributed by atoms with Crippen LogP contribution in [0.25, 0.3) is 0 Å². The molecule has 0 spiro atoms. The Labute approximate surface area is 126 Å². The van der Waals surface area contributed by atoms with Crippen LogP contribution in [0.4, 0.5) is 8.63 Å². The number of rotatable bonds is 2. The lowest BCUT2D eigenvalue weighted by atomic mass is 9.48. The lowest BCUT2D eigenvalue weighted by Gasteiger charge is -2.33. The van der Waals surface area contributed by atoms with Gasteiger partial charge in [0.05, 0.1) is 0 Å². The van der Waals surface area contributed by atoms with E-state index in [1.54, 1.807) is 27.7 Å². The maximum Gasteiger partial charge on any atom is 0.362 e. The Morgan fingerprint density at radius 2 is 0.810 bits per heavy atom. The quantitative estimate of drug-likeness (QED) is 0.731. The Morgan fingerprint density at radius 1 is 0.571 bits per heavy atom. The molecular formula is C18H22BF2-. The summed E-state index contributed by atoms with van der Waals surface area (Å²) in [5.41, 5.74) is 5.17. The zero-order valence-corrected chi connectivity index (χ0v) is 13.6. The van der Waals surface area contributed by atoms with Crippen molar-refractivity contribution in [3.63, 3.8) is 0 Å². The largest absolute Gasteiger partial charge is 0.469 e. The van der Waals surface area contributed by atoms with Gasteiger partial charge in [0.1, 0.15) is 0 Å². The molecule has 112 valence electrons. The van der Waals surface area contributed by atoms with Gasteiger partial charge in [-0.05, 0) is 41.5 Å². The fourth-order valence-electron chi connectivity index (χ4n) is 3.67. The highest BCUT2D eigenvalue weighted by Gasteiger charge is 2.33. The van der Waals surface area contributed by atoms with E-state index >= 15 is 8.63 Å². The molecule has 2 rings (SSSR count). The Balaban J connectivity index is 2.74. The Hall–Kier alpha value is -1.64. The van der Waals surface area contributed by atoms with Crippen LogP contribution >= 0.6 is 0 Å². The molecule has 0 aliphatic carbocycles. The first-order valence-corrected chi connectivity index (χ1v) is 7.32. The van der Waals surface area contributed by atoms with Crippen LogP contribution in [0.2, 0.25) is 0 Å². The average molecular weight is 287 g/mol. The Morgan fingerprint density at radius 3 is 1.05 bits per heavy atom. The molecular weight excluding hydrogens is 265 g/mol. The minimum Gasteiger partial charge on any atom is -0.469 e. The van der Waals surface area contributed by atoms with E-state index in [-0.39, 0.29) is 10.9 Å². The van der Waals surface area contributed by atoms with Crippen LogP contribution in [-0.4, -0.2) is 6.70 Å². The third-order valence-corrected chi connectivity index (χ3v) is 4.20. The van der Waals surface area contributed by atoms with Gasteiger partial charge in [0.2, 0.25) is 0 Å². The second-order valence-corrected chi connectivity index (χ2v) is 6.29. The highest BCUT2D eigenvalue weighted by atomic mass is 19.2. The summed E-state index contributed by atoms with van der Waals surface area (Å²) >= 11 is 0. The van der Waals surface area contributed by atoms with E-state index in [1.165, 1.54) is 0 Å². The zero-order valence-electron chi connectivity index (χ0n) is 13.6. The average Bonchev–Trinajstić information content (AvgIpc) is 2.23. The van der Waals surface area contributed by atoms with E-state index in [2.05, 4.69) is 0 Å². The summed E-state index contributed by atoms with van der Waals surface area (Å²) < 4.78 is 30.5. The molecule has 0 saturated carbocycles. The molecule has 0 amide bonds. The van der Waals surface area contributed by atoms with Crippen molar-refractivity contribution in [2.45, 2.75) is 41.5 Å². The summed E-state index contributed by atoms with van der Waals surface area (Å²) in [6.45, 7) is 7.27. The lowest BCUT2D eigenvalue weighted by molar-refractivity contribution is 0.652. The number of hydrogen-bond acceptors (Lipinski definition) is 0. The highest BCUT2D eigenvalue weighted by molar-refractivity contribution is 6.92. The molecule has 0 fully saturated rings. The van der Waals surface area contributed by atoms with Crippen molar-refractivity contribution in [1.82, 2.24) is 0 Å². The molecule has 0 nitrogen and oxygen atoms in total. The van der Waals surface area contributed by atoms with E-state index in [9.17, 15) is 0 Å². The molecule has 0 aliphatic rings.